The van der Waals surface area contributed by atoms with Crippen molar-refractivity contribution in [2.45, 2.75) is 199 Å². The van der Waals surface area contributed by atoms with E-state index in [1.54, 1.807) is 6.08 Å². The third kappa shape index (κ3) is 32.8. The van der Waals surface area contributed by atoms with Crippen LogP contribution in [0.5, 0.6) is 0 Å². The highest BCUT2D eigenvalue weighted by atomic mass is 32.2. The van der Waals surface area contributed by atoms with E-state index in [-0.39, 0.29) is 6.42 Å². The van der Waals surface area contributed by atoms with Gasteiger partial charge in [0.05, 0.1) is 17.9 Å². The Hall–Kier alpha value is -1.48. The van der Waals surface area contributed by atoms with Crippen LogP contribution in [0, 0.1) is 0 Å². The van der Waals surface area contributed by atoms with E-state index in [0.717, 1.165) is 44.9 Å². The molecule has 8 heteroatoms. The normalized spacial score (nSPS) is 14.4. The summed E-state index contributed by atoms with van der Waals surface area (Å²) >= 11 is 0. The van der Waals surface area contributed by atoms with E-state index in [4.69, 9.17) is 0 Å². The summed E-state index contributed by atoms with van der Waals surface area (Å²) < 4.78 is 32.4. The minimum atomic E-state index is -4.45. The van der Waals surface area contributed by atoms with Gasteiger partial charge < -0.3 is 15.5 Å². The summed E-state index contributed by atoms with van der Waals surface area (Å²) in [5.41, 5.74) is 0. The first-order valence-corrected chi connectivity index (χ1v) is 20.9. The molecule has 0 radical (unpaired) electrons. The lowest BCUT2D eigenvalue weighted by molar-refractivity contribution is -0.130. The van der Waals surface area contributed by atoms with Crippen LogP contribution in [-0.4, -0.2) is 53.1 Å². The van der Waals surface area contributed by atoms with Crippen LogP contribution < -0.4 is 5.32 Å². The zero-order valence-corrected chi connectivity index (χ0v) is 31.1. The monoisotopic (exact) mass is 684 g/mol. The summed E-state index contributed by atoms with van der Waals surface area (Å²) in [7, 11) is -4.45. The Bertz CT molecular complexity index is 901. The molecule has 0 saturated carbocycles. The van der Waals surface area contributed by atoms with Gasteiger partial charge in [-0.05, 0) is 44.9 Å². The van der Waals surface area contributed by atoms with Crippen molar-refractivity contribution in [3.05, 3.63) is 36.5 Å². The van der Waals surface area contributed by atoms with Crippen LogP contribution in [0.15, 0.2) is 36.5 Å². The topological polar surface area (TPSA) is 124 Å². The number of hydrogen-bond acceptors (Lipinski definition) is 5. The number of aliphatic hydroxyl groups excluding tert-OH is 2. The van der Waals surface area contributed by atoms with Crippen molar-refractivity contribution < 1.29 is 28.0 Å². The Kier molecular flexibility index (Phi) is 32.0. The van der Waals surface area contributed by atoms with Crippen LogP contribution >= 0.6 is 0 Å². The third-order valence-electron chi connectivity index (χ3n) is 8.65. The second-order valence-electron chi connectivity index (χ2n) is 13.3. The number of carbonyl (C=O) groups excluding carboxylic acids is 1. The Labute approximate surface area is 289 Å². The molecule has 3 atom stereocenters. The fraction of sp³-hybridized carbons (Fsp3) is 0.821. The molecule has 0 fully saturated rings. The SMILES string of the molecule is CCCCCCCCCCC/C=C/CC/C=C/CC/C=C/C(O)C(CS(=O)(=O)O)NC(=O)C(O)CCCCCCCCCCCCC. The van der Waals surface area contributed by atoms with Gasteiger partial charge in [-0.2, -0.15) is 8.42 Å². The standard InChI is InChI=1S/C39H73NO6S/c1-3-5-7-9-11-13-15-16-17-18-19-20-21-22-24-25-27-29-31-33-37(41)36(35-47(44,45)46)40-39(43)38(42)34-32-30-28-26-23-14-12-10-8-6-4-2/h19-20,24-25,31,33,36-38,41-42H,3-18,21-23,26-30,32,34-35H2,1-2H3,(H,40,43)(H,44,45,46)/b20-19+,25-24+,33-31+. The van der Waals surface area contributed by atoms with Crippen molar-refractivity contribution in [3.8, 4) is 0 Å². The Balaban J connectivity index is 4.16. The molecule has 0 bridgehead atoms. The van der Waals surface area contributed by atoms with Crippen molar-refractivity contribution in [2.75, 3.05) is 5.75 Å². The Morgan fingerprint density at radius 1 is 0.574 bits per heavy atom. The Morgan fingerprint density at radius 2 is 0.957 bits per heavy atom. The van der Waals surface area contributed by atoms with Gasteiger partial charge in [0.25, 0.3) is 10.1 Å². The number of rotatable bonds is 34. The van der Waals surface area contributed by atoms with E-state index in [9.17, 15) is 28.0 Å². The summed E-state index contributed by atoms with van der Waals surface area (Å²) in [5, 5.41) is 23.3. The maximum Gasteiger partial charge on any atom is 0.267 e. The average Bonchev–Trinajstić information content (AvgIpc) is 3.03. The molecule has 4 N–H and O–H groups in total. The van der Waals surface area contributed by atoms with Gasteiger partial charge in [-0.15, -0.1) is 0 Å². The van der Waals surface area contributed by atoms with Crippen molar-refractivity contribution in [2.24, 2.45) is 0 Å². The summed E-state index contributed by atoms with van der Waals surface area (Å²) in [6.07, 6.45) is 39.2. The molecule has 0 aromatic rings. The minimum absolute atomic E-state index is 0.273. The van der Waals surface area contributed by atoms with Crippen molar-refractivity contribution in [1.82, 2.24) is 5.32 Å². The summed E-state index contributed by atoms with van der Waals surface area (Å²) in [6, 6.07) is -1.25. The molecule has 0 aliphatic rings. The van der Waals surface area contributed by atoms with Crippen LogP contribution in [0.25, 0.3) is 0 Å². The predicted molar refractivity (Wildman–Crippen MR) is 199 cm³/mol. The van der Waals surface area contributed by atoms with Gasteiger partial charge in [-0.1, -0.05) is 172 Å². The predicted octanol–water partition coefficient (Wildman–Crippen LogP) is 9.93. The second kappa shape index (κ2) is 33.0. The molecule has 0 rings (SSSR count). The third-order valence-corrected chi connectivity index (χ3v) is 9.44. The lowest BCUT2D eigenvalue weighted by atomic mass is 10.0. The van der Waals surface area contributed by atoms with Crippen LogP contribution in [0.3, 0.4) is 0 Å². The maximum atomic E-state index is 12.5. The van der Waals surface area contributed by atoms with E-state index in [2.05, 4.69) is 43.5 Å². The molecule has 47 heavy (non-hydrogen) atoms. The smallest absolute Gasteiger partial charge is 0.267 e. The first-order valence-electron chi connectivity index (χ1n) is 19.3. The van der Waals surface area contributed by atoms with Gasteiger partial charge in [0.2, 0.25) is 5.91 Å². The first-order chi connectivity index (χ1) is 22.7. The number of unbranched alkanes of at least 4 members (excludes halogenated alkanes) is 21. The van der Waals surface area contributed by atoms with E-state index >= 15 is 0 Å². The first kappa shape index (κ1) is 45.5. The number of carbonyl (C=O) groups is 1. The molecule has 0 aliphatic heterocycles. The second-order valence-corrected chi connectivity index (χ2v) is 14.8. The molecule has 0 aromatic heterocycles. The van der Waals surface area contributed by atoms with Gasteiger partial charge in [0, 0.05) is 0 Å². The number of hydrogen-bond donors (Lipinski definition) is 4. The molecular weight excluding hydrogens is 610 g/mol. The molecule has 0 heterocycles. The lowest BCUT2D eigenvalue weighted by Gasteiger charge is -2.22. The van der Waals surface area contributed by atoms with Crippen LogP contribution in [0.2, 0.25) is 0 Å². The molecule has 7 nitrogen and oxygen atoms in total. The zero-order valence-electron chi connectivity index (χ0n) is 30.3. The molecule has 3 unspecified atom stereocenters. The summed E-state index contributed by atoms with van der Waals surface area (Å²) in [4.78, 5) is 12.5. The maximum absolute atomic E-state index is 12.5. The van der Waals surface area contributed by atoms with Crippen LogP contribution in [-0.2, 0) is 14.9 Å². The fourth-order valence-corrected chi connectivity index (χ4v) is 6.40. The number of allylic oxidation sites excluding steroid dienone is 5. The number of nitrogens with one attached hydrogen (secondary N) is 1. The van der Waals surface area contributed by atoms with Gasteiger partial charge in [0.1, 0.15) is 6.10 Å². The van der Waals surface area contributed by atoms with Gasteiger partial charge in [0.15, 0.2) is 0 Å². The minimum Gasteiger partial charge on any atom is -0.387 e. The lowest BCUT2D eigenvalue weighted by Crippen LogP contribution is -2.50. The van der Waals surface area contributed by atoms with Crippen molar-refractivity contribution >= 4 is 16.0 Å². The van der Waals surface area contributed by atoms with Crippen LogP contribution in [0.1, 0.15) is 181 Å². The van der Waals surface area contributed by atoms with E-state index in [0.29, 0.717) is 12.8 Å². The molecular formula is C39H73NO6S. The molecule has 0 spiro atoms. The summed E-state index contributed by atoms with van der Waals surface area (Å²) in [6.45, 7) is 4.48. The van der Waals surface area contributed by atoms with E-state index < -0.39 is 40.0 Å². The van der Waals surface area contributed by atoms with Crippen LogP contribution in [0.4, 0.5) is 0 Å². The quantitative estimate of drug-likeness (QED) is 0.0304. The van der Waals surface area contributed by atoms with Crippen molar-refractivity contribution in [3.63, 3.8) is 0 Å². The van der Waals surface area contributed by atoms with E-state index in [1.807, 2.05) is 0 Å². The average molecular weight is 684 g/mol. The van der Waals surface area contributed by atoms with Gasteiger partial charge in [-0.3, -0.25) is 9.35 Å². The zero-order chi connectivity index (χ0) is 34.9. The number of amides is 1. The van der Waals surface area contributed by atoms with E-state index in [1.165, 1.54) is 109 Å². The summed E-state index contributed by atoms with van der Waals surface area (Å²) in [5.74, 6) is -1.56. The fourth-order valence-electron chi connectivity index (χ4n) is 5.66. The molecule has 0 saturated heterocycles. The van der Waals surface area contributed by atoms with Crippen molar-refractivity contribution in [1.29, 1.82) is 0 Å². The highest BCUT2D eigenvalue weighted by Crippen LogP contribution is 2.14. The highest BCUT2D eigenvalue weighted by molar-refractivity contribution is 7.85. The highest BCUT2D eigenvalue weighted by Gasteiger charge is 2.27. The largest absolute Gasteiger partial charge is 0.387 e. The molecule has 1 amide bonds. The van der Waals surface area contributed by atoms with Gasteiger partial charge in [-0.25, -0.2) is 0 Å². The number of aliphatic hydroxyl groups is 2. The molecule has 0 aliphatic carbocycles. The molecule has 0 aromatic carbocycles. The van der Waals surface area contributed by atoms with Gasteiger partial charge >= 0.3 is 0 Å². The molecule has 276 valence electrons. The Morgan fingerprint density at radius 3 is 1.40 bits per heavy atom.